The number of rotatable bonds is 5. The molecular weight excluding hydrogens is 346 g/mol. The molecule has 1 aromatic rings. The third kappa shape index (κ3) is 3.91. The zero-order valence-corrected chi connectivity index (χ0v) is 13.6. The topological polar surface area (TPSA) is 80.3 Å². The van der Waals surface area contributed by atoms with E-state index in [4.69, 9.17) is 4.74 Å². The van der Waals surface area contributed by atoms with Crippen molar-refractivity contribution in [2.24, 2.45) is 0 Å². The number of sulfonamides is 1. The van der Waals surface area contributed by atoms with Gasteiger partial charge in [-0.25, -0.2) is 18.1 Å². The van der Waals surface area contributed by atoms with Gasteiger partial charge in [0.05, 0.1) is 6.61 Å². The summed E-state index contributed by atoms with van der Waals surface area (Å²) in [5.41, 5.74) is 0. The van der Waals surface area contributed by atoms with Crippen molar-refractivity contribution in [3.8, 4) is 0 Å². The van der Waals surface area contributed by atoms with Gasteiger partial charge in [0, 0.05) is 29.9 Å². The van der Waals surface area contributed by atoms with Gasteiger partial charge in [-0.05, 0) is 41.8 Å². The Hall–Kier alpha value is -0.700. The molecule has 1 unspecified atom stereocenters. The summed E-state index contributed by atoms with van der Waals surface area (Å²) in [6.45, 7) is 3.60. The molecule has 0 bridgehead atoms. The maximum Gasteiger partial charge on any atom is 0.244 e. The molecule has 2 heterocycles. The molecule has 6 nitrogen and oxygen atoms in total. The van der Waals surface area contributed by atoms with Crippen molar-refractivity contribution < 1.29 is 13.2 Å². The largest absolute Gasteiger partial charge is 0.380 e. The molecule has 0 aromatic carbocycles. The minimum Gasteiger partial charge on any atom is -0.380 e. The summed E-state index contributed by atoms with van der Waals surface area (Å²) in [5, 5.41) is 2.96. The molecule has 0 aliphatic carbocycles. The first-order valence-electron chi connectivity index (χ1n) is 6.52. The Balaban J connectivity index is 2.25. The lowest BCUT2D eigenvalue weighted by Crippen LogP contribution is -2.40. The van der Waals surface area contributed by atoms with Crippen LogP contribution in [0.1, 0.15) is 19.8 Å². The predicted molar refractivity (Wildman–Crippen MR) is 80.3 cm³/mol. The summed E-state index contributed by atoms with van der Waals surface area (Å²) >= 11 is 3.26. The maximum atomic E-state index is 12.5. The van der Waals surface area contributed by atoms with Crippen LogP contribution >= 0.6 is 15.9 Å². The SMILES string of the molecule is CCNc1ncc(Br)cc1S(=O)(=O)NC1CCCOC1. The lowest BCUT2D eigenvalue weighted by molar-refractivity contribution is 0.0774. The first-order valence-corrected chi connectivity index (χ1v) is 8.80. The Kier molecular flexibility index (Phi) is 5.36. The zero-order chi connectivity index (χ0) is 14.6. The molecule has 1 aromatic heterocycles. The van der Waals surface area contributed by atoms with Gasteiger partial charge in [0.15, 0.2) is 0 Å². The highest BCUT2D eigenvalue weighted by Crippen LogP contribution is 2.23. The minimum atomic E-state index is -3.62. The van der Waals surface area contributed by atoms with Crippen molar-refractivity contribution in [1.29, 1.82) is 0 Å². The molecule has 112 valence electrons. The standard InChI is InChI=1S/C12H18BrN3O3S/c1-2-14-12-11(6-9(13)7-15-12)20(17,18)16-10-4-3-5-19-8-10/h6-7,10,16H,2-5,8H2,1H3,(H,14,15). The molecule has 1 aliphatic heterocycles. The number of pyridine rings is 1. The van der Waals surface area contributed by atoms with E-state index in [0.29, 0.717) is 30.0 Å². The third-order valence-electron chi connectivity index (χ3n) is 2.94. The molecule has 2 rings (SSSR count). The first kappa shape index (κ1) is 15.7. The predicted octanol–water partition coefficient (Wildman–Crippen LogP) is 1.73. The van der Waals surface area contributed by atoms with Crippen LogP contribution in [0, 0.1) is 0 Å². The van der Waals surface area contributed by atoms with E-state index in [1.54, 1.807) is 12.3 Å². The van der Waals surface area contributed by atoms with Crippen molar-refractivity contribution in [3.63, 3.8) is 0 Å². The van der Waals surface area contributed by atoms with Gasteiger partial charge in [0.25, 0.3) is 0 Å². The van der Waals surface area contributed by atoms with E-state index in [0.717, 1.165) is 12.8 Å². The molecule has 1 atom stereocenters. The van der Waals surface area contributed by atoms with Crippen LogP contribution in [0.25, 0.3) is 0 Å². The van der Waals surface area contributed by atoms with Crippen LogP contribution in [0.2, 0.25) is 0 Å². The summed E-state index contributed by atoms with van der Waals surface area (Å²) in [4.78, 5) is 4.27. The Morgan fingerprint density at radius 1 is 1.55 bits per heavy atom. The molecule has 1 fully saturated rings. The van der Waals surface area contributed by atoms with E-state index in [1.807, 2.05) is 6.92 Å². The maximum absolute atomic E-state index is 12.5. The number of halogens is 1. The van der Waals surface area contributed by atoms with Crippen LogP contribution in [0.4, 0.5) is 5.82 Å². The second-order valence-electron chi connectivity index (χ2n) is 4.57. The molecule has 0 radical (unpaired) electrons. The molecule has 0 saturated carbocycles. The van der Waals surface area contributed by atoms with Gasteiger partial charge in [-0.1, -0.05) is 0 Å². The Morgan fingerprint density at radius 2 is 2.35 bits per heavy atom. The monoisotopic (exact) mass is 363 g/mol. The summed E-state index contributed by atoms with van der Waals surface area (Å²) in [7, 11) is -3.62. The number of nitrogens with zero attached hydrogens (tertiary/aromatic N) is 1. The lowest BCUT2D eigenvalue weighted by Gasteiger charge is -2.23. The van der Waals surface area contributed by atoms with Crippen LogP contribution in [-0.2, 0) is 14.8 Å². The van der Waals surface area contributed by atoms with Crippen LogP contribution in [0.15, 0.2) is 21.6 Å². The van der Waals surface area contributed by atoms with Gasteiger partial charge in [0.2, 0.25) is 10.0 Å². The molecule has 8 heteroatoms. The summed E-state index contributed by atoms with van der Waals surface area (Å²) < 4.78 is 33.6. The molecule has 2 N–H and O–H groups in total. The molecular formula is C12H18BrN3O3S. The highest BCUT2D eigenvalue weighted by Gasteiger charge is 2.25. The van der Waals surface area contributed by atoms with Crippen molar-refractivity contribution in [3.05, 3.63) is 16.7 Å². The van der Waals surface area contributed by atoms with E-state index in [9.17, 15) is 8.42 Å². The number of anilines is 1. The Bertz CT molecular complexity index is 559. The normalized spacial score (nSPS) is 19.8. The molecule has 20 heavy (non-hydrogen) atoms. The first-order chi connectivity index (χ1) is 9.53. The van der Waals surface area contributed by atoms with Crippen molar-refractivity contribution in [1.82, 2.24) is 9.71 Å². The highest BCUT2D eigenvalue weighted by atomic mass is 79.9. The van der Waals surface area contributed by atoms with E-state index < -0.39 is 10.0 Å². The summed E-state index contributed by atoms with van der Waals surface area (Å²) in [6, 6.07) is 1.37. The molecule has 1 aliphatic rings. The third-order valence-corrected chi connectivity index (χ3v) is 4.90. The van der Waals surface area contributed by atoms with Gasteiger partial charge < -0.3 is 10.1 Å². The smallest absolute Gasteiger partial charge is 0.244 e. The quantitative estimate of drug-likeness (QED) is 0.832. The van der Waals surface area contributed by atoms with Crippen LogP contribution in [0.5, 0.6) is 0 Å². The van der Waals surface area contributed by atoms with E-state index >= 15 is 0 Å². The number of nitrogens with one attached hydrogen (secondary N) is 2. The van der Waals surface area contributed by atoms with Gasteiger partial charge in [-0.15, -0.1) is 0 Å². The average Bonchev–Trinajstić information content (AvgIpc) is 2.41. The van der Waals surface area contributed by atoms with Gasteiger partial charge in [0.1, 0.15) is 10.7 Å². The van der Waals surface area contributed by atoms with Gasteiger partial charge >= 0.3 is 0 Å². The second-order valence-corrected chi connectivity index (χ2v) is 7.16. The van der Waals surface area contributed by atoms with Crippen molar-refractivity contribution in [2.45, 2.75) is 30.7 Å². The fraction of sp³-hybridized carbons (Fsp3) is 0.583. The summed E-state index contributed by atoms with van der Waals surface area (Å²) in [6.07, 6.45) is 3.22. The molecule has 1 saturated heterocycles. The Labute approximate surface area is 127 Å². The minimum absolute atomic E-state index is 0.152. The van der Waals surface area contributed by atoms with Crippen molar-refractivity contribution >= 4 is 31.8 Å². The van der Waals surface area contributed by atoms with Gasteiger partial charge in [-0.2, -0.15) is 0 Å². The highest BCUT2D eigenvalue weighted by molar-refractivity contribution is 9.10. The summed E-state index contributed by atoms with van der Waals surface area (Å²) in [5.74, 6) is 0.361. The molecule has 0 amide bonds. The second kappa shape index (κ2) is 6.84. The van der Waals surface area contributed by atoms with E-state index in [-0.39, 0.29) is 10.9 Å². The number of aromatic nitrogens is 1. The van der Waals surface area contributed by atoms with Crippen molar-refractivity contribution in [2.75, 3.05) is 25.1 Å². The van der Waals surface area contributed by atoms with Crippen LogP contribution < -0.4 is 10.0 Å². The van der Waals surface area contributed by atoms with Gasteiger partial charge in [-0.3, -0.25) is 0 Å². The Morgan fingerprint density at radius 3 is 3.00 bits per heavy atom. The molecule has 0 spiro atoms. The number of hydrogen-bond donors (Lipinski definition) is 2. The fourth-order valence-corrected chi connectivity index (χ4v) is 3.94. The van der Waals surface area contributed by atoms with Crippen LogP contribution in [0.3, 0.4) is 0 Å². The number of hydrogen-bond acceptors (Lipinski definition) is 5. The van der Waals surface area contributed by atoms with E-state index in [1.165, 1.54) is 0 Å². The fourth-order valence-electron chi connectivity index (χ4n) is 2.04. The van der Waals surface area contributed by atoms with Crippen LogP contribution in [-0.4, -0.2) is 39.2 Å². The lowest BCUT2D eigenvalue weighted by atomic mass is 10.1. The number of ether oxygens (including phenoxy) is 1. The average molecular weight is 364 g/mol. The zero-order valence-electron chi connectivity index (χ0n) is 11.2. The van der Waals surface area contributed by atoms with E-state index in [2.05, 4.69) is 31.0 Å².